The van der Waals surface area contributed by atoms with Crippen molar-refractivity contribution in [2.45, 2.75) is 33.6 Å². The quantitative estimate of drug-likeness (QED) is 0.583. The fourth-order valence-corrected chi connectivity index (χ4v) is 2.19. The minimum Gasteiger partial charge on any atom is -0.384 e. The van der Waals surface area contributed by atoms with E-state index in [2.05, 4.69) is 23.8 Å². The van der Waals surface area contributed by atoms with Crippen molar-refractivity contribution in [2.24, 2.45) is 12.8 Å². The molecule has 0 aliphatic carbocycles. The van der Waals surface area contributed by atoms with Crippen LogP contribution in [0.25, 0.3) is 0 Å². The summed E-state index contributed by atoms with van der Waals surface area (Å²) in [6.45, 7) is 8.13. The number of nitrogens with two attached hydrogens (primary N) is 1. The van der Waals surface area contributed by atoms with Crippen LogP contribution in [0.2, 0.25) is 0 Å². The fraction of sp³-hybridized carbons (Fsp3) is 0.667. The second kappa shape index (κ2) is 5.70. The molecule has 0 unspecified atom stereocenters. The molecular formula is C12H23N5. The highest BCUT2D eigenvalue weighted by molar-refractivity contribution is 6.00. The summed E-state index contributed by atoms with van der Waals surface area (Å²) < 4.78 is 1.83. The maximum Gasteiger partial charge on any atom is 0.137 e. The average molecular weight is 237 g/mol. The predicted molar refractivity (Wildman–Crippen MR) is 71.8 cm³/mol. The largest absolute Gasteiger partial charge is 0.384 e. The van der Waals surface area contributed by atoms with Gasteiger partial charge in [0, 0.05) is 20.1 Å². The van der Waals surface area contributed by atoms with Crippen molar-refractivity contribution in [1.82, 2.24) is 9.78 Å². The first-order valence-electron chi connectivity index (χ1n) is 6.15. The number of hydrogen-bond donors (Lipinski definition) is 2. The zero-order valence-electron chi connectivity index (χ0n) is 11.2. The smallest absolute Gasteiger partial charge is 0.137 e. The van der Waals surface area contributed by atoms with Gasteiger partial charge < -0.3 is 10.6 Å². The van der Waals surface area contributed by atoms with Crippen LogP contribution in [0.3, 0.4) is 0 Å². The van der Waals surface area contributed by atoms with Crippen molar-refractivity contribution in [3.05, 3.63) is 11.3 Å². The lowest BCUT2D eigenvalue weighted by Crippen LogP contribution is -2.29. The topological polar surface area (TPSA) is 70.9 Å². The summed E-state index contributed by atoms with van der Waals surface area (Å²) in [7, 11) is 1.91. The number of anilines is 1. The van der Waals surface area contributed by atoms with Gasteiger partial charge in [-0.15, -0.1) is 0 Å². The average Bonchev–Trinajstić information content (AvgIpc) is 2.53. The molecule has 0 aliphatic heterocycles. The van der Waals surface area contributed by atoms with E-state index in [1.54, 1.807) is 0 Å². The molecule has 0 aliphatic rings. The molecule has 0 radical (unpaired) electrons. The van der Waals surface area contributed by atoms with Gasteiger partial charge >= 0.3 is 0 Å². The number of aromatic nitrogens is 2. The van der Waals surface area contributed by atoms with Gasteiger partial charge in [0.1, 0.15) is 11.7 Å². The summed E-state index contributed by atoms with van der Waals surface area (Å²) in [5.74, 6) is 1.07. The van der Waals surface area contributed by atoms with Gasteiger partial charge in [-0.05, 0) is 19.8 Å². The zero-order chi connectivity index (χ0) is 13.0. The number of nitrogens with zero attached hydrogens (tertiary/aromatic N) is 3. The molecule has 1 heterocycles. The molecule has 1 rings (SSSR count). The highest BCUT2D eigenvalue weighted by atomic mass is 15.4. The molecule has 0 amide bonds. The van der Waals surface area contributed by atoms with Gasteiger partial charge in [0.05, 0.1) is 11.3 Å². The van der Waals surface area contributed by atoms with Crippen LogP contribution in [0.5, 0.6) is 0 Å². The first-order valence-corrected chi connectivity index (χ1v) is 6.15. The second-order valence-corrected chi connectivity index (χ2v) is 4.31. The van der Waals surface area contributed by atoms with Crippen molar-refractivity contribution >= 4 is 11.7 Å². The Bertz CT molecular complexity index is 388. The summed E-state index contributed by atoms with van der Waals surface area (Å²) in [6, 6.07) is 0. The SMILES string of the molecule is CCCN(CCC)c1c(C(=N)N)c(C)nn1C. The third-order valence-corrected chi connectivity index (χ3v) is 2.75. The Morgan fingerprint density at radius 2 is 1.88 bits per heavy atom. The molecule has 0 aromatic carbocycles. The van der Waals surface area contributed by atoms with Gasteiger partial charge in [0.15, 0.2) is 0 Å². The molecule has 1 aromatic heterocycles. The van der Waals surface area contributed by atoms with Crippen molar-refractivity contribution in [1.29, 1.82) is 5.41 Å². The minimum atomic E-state index is 0.0998. The molecule has 0 saturated heterocycles. The Kier molecular flexibility index (Phi) is 4.54. The first kappa shape index (κ1) is 13.5. The van der Waals surface area contributed by atoms with E-state index in [4.69, 9.17) is 11.1 Å². The molecule has 0 saturated carbocycles. The normalized spacial score (nSPS) is 10.6. The van der Waals surface area contributed by atoms with Crippen LogP contribution in [-0.2, 0) is 7.05 Å². The van der Waals surface area contributed by atoms with E-state index in [0.29, 0.717) is 0 Å². The molecule has 0 fully saturated rings. The van der Waals surface area contributed by atoms with E-state index in [0.717, 1.165) is 43.0 Å². The minimum absolute atomic E-state index is 0.0998. The molecule has 3 N–H and O–H groups in total. The highest BCUT2D eigenvalue weighted by Gasteiger charge is 2.20. The zero-order valence-corrected chi connectivity index (χ0v) is 11.2. The fourth-order valence-electron chi connectivity index (χ4n) is 2.19. The standard InChI is InChI=1S/C12H23N5/c1-5-7-17(8-6-2)12-10(11(13)14)9(3)15-16(12)4/h5-8H2,1-4H3,(H3,13,14). The van der Waals surface area contributed by atoms with Crippen molar-refractivity contribution < 1.29 is 0 Å². The highest BCUT2D eigenvalue weighted by Crippen LogP contribution is 2.23. The molecule has 0 atom stereocenters. The van der Waals surface area contributed by atoms with Gasteiger partial charge in [-0.25, -0.2) is 0 Å². The number of nitrogen functional groups attached to an aromatic ring is 1. The monoisotopic (exact) mass is 237 g/mol. The summed E-state index contributed by atoms with van der Waals surface area (Å²) in [6.07, 6.45) is 2.14. The van der Waals surface area contributed by atoms with Crippen LogP contribution >= 0.6 is 0 Å². The summed E-state index contributed by atoms with van der Waals surface area (Å²) in [4.78, 5) is 2.26. The Morgan fingerprint density at radius 3 is 2.29 bits per heavy atom. The van der Waals surface area contributed by atoms with Crippen LogP contribution < -0.4 is 10.6 Å². The van der Waals surface area contributed by atoms with E-state index in [1.165, 1.54) is 0 Å². The number of nitrogens with one attached hydrogen (secondary N) is 1. The molecule has 0 spiro atoms. The van der Waals surface area contributed by atoms with E-state index < -0.39 is 0 Å². The molecule has 1 aromatic rings. The third-order valence-electron chi connectivity index (χ3n) is 2.75. The van der Waals surface area contributed by atoms with E-state index >= 15 is 0 Å². The molecule has 96 valence electrons. The summed E-state index contributed by atoms with van der Waals surface area (Å²) in [5, 5.41) is 12.1. The van der Waals surface area contributed by atoms with Gasteiger partial charge in [-0.2, -0.15) is 5.10 Å². The van der Waals surface area contributed by atoms with Crippen molar-refractivity contribution in [3.8, 4) is 0 Å². The number of aryl methyl sites for hydroxylation is 2. The molecule has 17 heavy (non-hydrogen) atoms. The van der Waals surface area contributed by atoms with Crippen LogP contribution in [-0.4, -0.2) is 28.7 Å². The maximum atomic E-state index is 7.69. The number of hydrogen-bond acceptors (Lipinski definition) is 3. The molecule has 5 nitrogen and oxygen atoms in total. The van der Waals surface area contributed by atoms with Gasteiger partial charge in [-0.3, -0.25) is 10.1 Å². The molecule has 5 heteroatoms. The lowest BCUT2D eigenvalue weighted by Gasteiger charge is -2.24. The number of amidine groups is 1. The Hall–Kier alpha value is -1.52. The van der Waals surface area contributed by atoms with Gasteiger partial charge in [0.2, 0.25) is 0 Å². The number of rotatable bonds is 6. The van der Waals surface area contributed by atoms with Crippen LogP contribution in [0, 0.1) is 12.3 Å². The van der Waals surface area contributed by atoms with E-state index in [-0.39, 0.29) is 5.84 Å². The lowest BCUT2D eigenvalue weighted by atomic mass is 10.2. The lowest BCUT2D eigenvalue weighted by molar-refractivity contribution is 0.677. The van der Waals surface area contributed by atoms with E-state index in [9.17, 15) is 0 Å². The predicted octanol–water partition coefficient (Wildman–Crippen LogP) is 1.64. The third kappa shape index (κ3) is 2.78. The van der Waals surface area contributed by atoms with E-state index in [1.807, 2.05) is 18.7 Å². The summed E-state index contributed by atoms with van der Waals surface area (Å²) >= 11 is 0. The Labute approximate surface area is 103 Å². The summed E-state index contributed by atoms with van der Waals surface area (Å²) in [5.41, 5.74) is 7.26. The second-order valence-electron chi connectivity index (χ2n) is 4.31. The molecule has 0 bridgehead atoms. The van der Waals surface area contributed by atoms with Crippen LogP contribution in [0.15, 0.2) is 0 Å². The van der Waals surface area contributed by atoms with Gasteiger partial charge in [-0.1, -0.05) is 13.8 Å². The van der Waals surface area contributed by atoms with Crippen LogP contribution in [0.4, 0.5) is 5.82 Å². The Morgan fingerprint density at radius 1 is 1.35 bits per heavy atom. The Balaban J connectivity index is 3.20. The molecular weight excluding hydrogens is 214 g/mol. The van der Waals surface area contributed by atoms with Gasteiger partial charge in [0.25, 0.3) is 0 Å². The maximum absolute atomic E-state index is 7.69. The van der Waals surface area contributed by atoms with Crippen LogP contribution in [0.1, 0.15) is 37.9 Å². The first-order chi connectivity index (χ1) is 8.02. The van der Waals surface area contributed by atoms with Crippen molar-refractivity contribution in [3.63, 3.8) is 0 Å². The van der Waals surface area contributed by atoms with Crippen molar-refractivity contribution in [2.75, 3.05) is 18.0 Å².